The lowest BCUT2D eigenvalue weighted by Gasteiger charge is -2.52. The molecule has 0 aliphatic heterocycles. The van der Waals surface area contributed by atoms with Gasteiger partial charge in [-0.1, -0.05) is 26.0 Å². The van der Waals surface area contributed by atoms with Crippen molar-refractivity contribution in [1.29, 1.82) is 0 Å². The average Bonchev–Trinajstić information content (AvgIpc) is 2.39. The normalized spacial score (nSPS) is 25.0. The van der Waals surface area contributed by atoms with Gasteiger partial charge in [0.05, 0.1) is 6.10 Å². The summed E-state index contributed by atoms with van der Waals surface area (Å²) in [5.41, 5.74) is 8.09. The van der Waals surface area contributed by atoms with Crippen molar-refractivity contribution in [3.63, 3.8) is 0 Å². The van der Waals surface area contributed by atoms with E-state index in [1.807, 2.05) is 12.1 Å². The number of benzene rings is 1. The summed E-state index contributed by atoms with van der Waals surface area (Å²) < 4.78 is 5.75. The predicted octanol–water partition coefficient (Wildman–Crippen LogP) is 2.60. The van der Waals surface area contributed by atoms with Crippen LogP contribution in [0.5, 0.6) is 0 Å². The lowest BCUT2D eigenvalue weighted by Crippen LogP contribution is -2.61. The molecule has 3 heteroatoms. The van der Waals surface area contributed by atoms with E-state index in [1.165, 1.54) is 5.56 Å². The Balaban J connectivity index is 1.74. The van der Waals surface area contributed by atoms with Crippen LogP contribution in [0.1, 0.15) is 32.8 Å². The lowest BCUT2D eigenvalue weighted by molar-refractivity contribution is -0.113. The number of nitrogens with two attached hydrogens (primary N) is 1. The van der Waals surface area contributed by atoms with Gasteiger partial charge in [-0.25, -0.2) is 0 Å². The van der Waals surface area contributed by atoms with Crippen LogP contribution in [-0.2, 0) is 11.2 Å². The van der Waals surface area contributed by atoms with Gasteiger partial charge in [0.1, 0.15) is 0 Å². The predicted molar refractivity (Wildman–Crippen MR) is 80.2 cm³/mol. The van der Waals surface area contributed by atoms with Gasteiger partial charge in [0.2, 0.25) is 0 Å². The molecule has 1 aromatic carbocycles. The molecule has 0 heterocycles. The molecule has 19 heavy (non-hydrogen) atoms. The molecule has 1 fully saturated rings. The highest BCUT2D eigenvalue weighted by Gasteiger charge is 2.48. The Kier molecular flexibility index (Phi) is 4.48. The largest absolute Gasteiger partial charge is 0.399 e. The minimum absolute atomic E-state index is 0.247. The van der Waals surface area contributed by atoms with Gasteiger partial charge in [-0.05, 0) is 44.0 Å². The fourth-order valence-electron chi connectivity index (χ4n) is 2.79. The third-order valence-corrected chi connectivity index (χ3v) is 4.33. The molecule has 0 amide bonds. The van der Waals surface area contributed by atoms with E-state index >= 15 is 0 Å². The standard InChI is InChI=1S/C16H26N2O/c1-4-19-15-11-14(16(15,2)3)18-10-9-12-5-7-13(17)8-6-12/h5-8,14-15,18H,4,9-11,17H2,1-3H3. The monoisotopic (exact) mass is 262 g/mol. The van der Waals surface area contributed by atoms with Crippen LogP contribution in [0, 0.1) is 5.41 Å². The molecule has 1 aliphatic carbocycles. The van der Waals surface area contributed by atoms with E-state index in [9.17, 15) is 0 Å². The molecule has 1 aliphatic rings. The highest BCUT2D eigenvalue weighted by atomic mass is 16.5. The number of nitrogen functional groups attached to an aromatic ring is 1. The van der Waals surface area contributed by atoms with Crippen LogP contribution >= 0.6 is 0 Å². The molecule has 1 saturated carbocycles. The van der Waals surface area contributed by atoms with Gasteiger partial charge in [0.15, 0.2) is 0 Å². The molecule has 2 atom stereocenters. The summed E-state index contributed by atoms with van der Waals surface area (Å²) >= 11 is 0. The molecular formula is C16H26N2O. The topological polar surface area (TPSA) is 47.3 Å². The third-order valence-electron chi connectivity index (χ3n) is 4.33. The van der Waals surface area contributed by atoms with Gasteiger partial charge in [-0.3, -0.25) is 0 Å². The Morgan fingerprint density at radius 2 is 2.00 bits per heavy atom. The summed E-state index contributed by atoms with van der Waals surface area (Å²) in [6.07, 6.45) is 2.58. The lowest BCUT2D eigenvalue weighted by atomic mass is 9.64. The van der Waals surface area contributed by atoms with Gasteiger partial charge in [0.25, 0.3) is 0 Å². The summed E-state index contributed by atoms with van der Waals surface area (Å²) in [6.45, 7) is 8.47. The van der Waals surface area contributed by atoms with Gasteiger partial charge in [-0.2, -0.15) is 0 Å². The van der Waals surface area contributed by atoms with Crippen LogP contribution in [0.3, 0.4) is 0 Å². The van der Waals surface area contributed by atoms with E-state index in [-0.39, 0.29) is 5.41 Å². The van der Waals surface area contributed by atoms with Crippen LogP contribution in [0.2, 0.25) is 0 Å². The van der Waals surface area contributed by atoms with Gasteiger partial charge in [-0.15, -0.1) is 0 Å². The van der Waals surface area contributed by atoms with Crippen molar-refractivity contribution >= 4 is 5.69 Å². The molecule has 1 aromatic rings. The van der Waals surface area contributed by atoms with Crippen molar-refractivity contribution in [1.82, 2.24) is 5.32 Å². The first-order valence-corrected chi connectivity index (χ1v) is 7.23. The Morgan fingerprint density at radius 3 is 2.58 bits per heavy atom. The zero-order chi connectivity index (χ0) is 13.9. The second-order valence-corrected chi connectivity index (χ2v) is 6.00. The van der Waals surface area contributed by atoms with Gasteiger partial charge < -0.3 is 15.8 Å². The maximum Gasteiger partial charge on any atom is 0.0655 e. The summed E-state index contributed by atoms with van der Waals surface area (Å²) in [6, 6.07) is 8.71. The minimum Gasteiger partial charge on any atom is -0.399 e. The molecule has 0 bridgehead atoms. The molecule has 0 aromatic heterocycles. The van der Waals surface area contributed by atoms with E-state index < -0.39 is 0 Å². The molecule has 0 radical (unpaired) electrons. The number of hydrogen-bond donors (Lipinski definition) is 2. The second kappa shape index (κ2) is 5.93. The SMILES string of the molecule is CCOC1CC(NCCc2ccc(N)cc2)C1(C)C. The summed E-state index contributed by atoms with van der Waals surface area (Å²) in [4.78, 5) is 0. The first-order valence-electron chi connectivity index (χ1n) is 7.23. The van der Waals surface area contributed by atoms with Crippen molar-refractivity contribution in [2.45, 2.75) is 45.8 Å². The van der Waals surface area contributed by atoms with Gasteiger partial charge in [0, 0.05) is 23.8 Å². The number of ether oxygens (including phenoxy) is 1. The van der Waals surface area contributed by atoms with Crippen LogP contribution in [0.25, 0.3) is 0 Å². The minimum atomic E-state index is 0.247. The van der Waals surface area contributed by atoms with Crippen molar-refractivity contribution in [3.05, 3.63) is 29.8 Å². The summed E-state index contributed by atoms with van der Waals surface area (Å²) in [7, 11) is 0. The van der Waals surface area contributed by atoms with E-state index in [4.69, 9.17) is 10.5 Å². The smallest absolute Gasteiger partial charge is 0.0655 e. The molecule has 0 saturated heterocycles. The van der Waals surface area contributed by atoms with Crippen LogP contribution in [0.15, 0.2) is 24.3 Å². The molecule has 2 unspecified atom stereocenters. The Hall–Kier alpha value is -1.06. The van der Waals surface area contributed by atoms with Crippen LogP contribution in [-0.4, -0.2) is 25.3 Å². The van der Waals surface area contributed by atoms with E-state index in [2.05, 4.69) is 38.2 Å². The maximum absolute atomic E-state index is 5.75. The molecule has 3 N–H and O–H groups in total. The van der Waals surface area contributed by atoms with Crippen LogP contribution < -0.4 is 11.1 Å². The van der Waals surface area contributed by atoms with E-state index in [0.29, 0.717) is 12.1 Å². The van der Waals surface area contributed by atoms with Gasteiger partial charge >= 0.3 is 0 Å². The molecular weight excluding hydrogens is 236 g/mol. The first kappa shape index (κ1) is 14.4. The molecule has 106 valence electrons. The maximum atomic E-state index is 5.75. The Bertz CT molecular complexity index is 400. The number of hydrogen-bond acceptors (Lipinski definition) is 3. The first-order chi connectivity index (χ1) is 9.04. The summed E-state index contributed by atoms with van der Waals surface area (Å²) in [5.74, 6) is 0. The summed E-state index contributed by atoms with van der Waals surface area (Å²) in [5, 5.41) is 3.65. The Labute approximate surface area is 116 Å². The van der Waals surface area contributed by atoms with Crippen molar-refractivity contribution in [2.24, 2.45) is 5.41 Å². The zero-order valence-electron chi connectivity index (χ0n) is 12.3. The second-order valence-electron chi connectivity index (χ2n) is 6.00. The van der Waals surface area contributed by atoms with E-state index in [1.54, 1.807) is 0 Å². The molecule has 0 spiro atoms. The quantitative estimate of drug-likeness (QED) is 0.775. The van der Waals surface area contributed by atoms with Crippen molar-refractivity contribution < 1.29 is 4.74 Å². The Morgan fingerprint density at radius 1 is 1.32 bits per heavy atom. The number of nitrogens with one attached hydrogen (secondary N) is 1. The van der Waals surface area contributed by atoms with Crippen LogP contribution in [0.4, 0.5) is 5.69 Å². The average molecular weight is 262 g/mol. The van der Waals surface area contributed by atoms with Crippen molar-refractivity contribution in [3.8, 4) is 0 Å². The molecule has 2 rings (SSSR count). The van der Waals surface area contributed by atoms with E-state index in [0.717, 1.165) is 31.7 Å². The fraction of sp³-hybridized carbons (Fsp3) is 0.625. The zero-order valence-corrected chi connectivity index (χ0v) is 12.3. The number of anilines is 1. The number of rotatable bonds is 6. The third kappa shape index (κ3) is 3.28. The van der Waals surface area contributed by atoms with Crippen molar-refractivity contribution in [2.75, 3.05) is 18.9 Å². The molecule has 3 nitrogen and oxygen atoms in total. The fourth-order valence-corrected chi connectivity index (χ4v) is 2.79. The highest BCUT2D eigenvalue weighted by Crippen LogP contribution is 2.42. The highest BCUT2D eigenvalue weighted by molar-refractivity contribution is 5.39.